The van der Waals surface area contributed by atoms with Gasteiger partial charge in [0.2, 0.25) is 0 Å². The van der Waals surface area contributed by atoms with E-state index >= 15 is 0 Å². The number of benzene rings is 1. The van der Waals surface area contributed by atoms with E-state index in [4.69, 9.17) is 9.84 Å². The third-order valence-corrected chi connectivity index (χ3v) is 2.05. The second kappa shape index (κ2) is 5.74. The van der Waals surface area contributed by atoms with E-state index in [2.05, 4.69) is 5.32 Å². The molecule has 1 rings (SSSR count). The number of carboxylic acid groups (broad SMARTS) is 1. The maximum Gasteiger partial charge on any atom is 0.322 e. The van der Waals surface area contributed by atoms with Gasteiger partial charge in [0.1, 0.15) is 18.0 Å². The van der Waals surface area contributed by atoms with Gasteiger partial charge in [0.25, 0.3) is 5.91 Å². The van der Waals surface area contributed by atoms with E-state index in [0.29, 0.717) is 11.3 Å². The molecule has 92 valence electrons. The quantitative estimate of drug-likeness (QED) is 0.686. The van der Waals surface area contributed by atoms with Crippen molar-refractivity contribution in [1.82, 2.24) is 5.32 Å². The Morgan fingerprint density at radius 3 is 2.76 bits per heavy atom. The first kappa shape index (κ1) is 12.8. The van der Waals surface area contributed by atoms with Crippen LogP contribution < -0.4 is 10.1 Å². The van der Waals surface area contributed by atoms with E-state index in [1.54, 1.807) is 19.1 Å². The molecule has 1 aromatic rings. The molecule has 0 aromatic heterocycles. The molecule has 6 heteroatoms. The Labute approximate surface area is 97.8 Å². The van der Waals surface area contributed by atoms with Crippen LogP contribution in [0.1, 0.15) is 5.56 Å². The Morgan fingerprint density at radius 1 is 1.41 bits per heavy atom. The first-order valence-electron chi connectivity index (χ1n) is 4.90. The lowest BCUT2D eigenvalue weighted by Crippen LogP contribution is -2.33. The Bertz CT molecular complexity index is 430. The first-order valence-corrected chi connectivity index (χ1v) is 4.90. The highest BCUT2D eigenvalue weighted by atomic mass is 16.5. The molecule has 6 nitrogen and oxygen atoms in total. The van der Waals surface area contributed by atoms with E-state index in [9.17, 15) is 14.7 Å². The third-order valence-electron chi connectivity index (χ3n) is 2.05. The predicted molar refractivity (Wildman–Crippen MR) is 59.0 cm³/mol. The van der Waals surface area contributed by atoms with Crippen LogP contribution >= 0.6 is 0 Å². The van der Waals surface area contributed by atoms with E-state index in [0.717, 1.165) is 0 Å². The molecule has 0 heterocycles. The molecule has 0 radical (unpaired) electrons. The Balaban J connectivity index is 2.47. The predicted octanol–water partition coefficient (Wildman–Crippen LogP) is 0.280. The number of rotatable bonds is 5. The average molecular weight is 239 g/mol. The second-order valence-electron chi connectivity index (χ2n) is 3.36. The molecule has 0 spiro atoms. The van der Waals surface area contributed by atoms with Gasteiger partial charge in [-0.1, -0.05) is 6.07 Å². The summed E-state index contributed by atoms with van der Waals surface area (Å²) in [5.41, 5.74) is 0.526. The van der Waals surface area contributed by atoms with Crippen LogP contribution in [0.3, 0.4) is 0 Å². The van der Waals surface area contributed by atoms with E-state index in [1.807, 2.05) is 0 Å². The molecule has 0 aliphatic heterocycles. The largest absolute Gasteiger partial charge is 0.508 e. The normalized spacial score (nSPS) is 9.71. The first-order chi connectivity index (χ1) is 8.00. The van der Waals surface area contributed by atoms with Crippen molar-refractivity contribution in [1.29, 1.82) is 0 Å². The molecule has 0 unspecified atom stereocenters. The fourth-order valence-electron chi connectivity index (χ4n) is 1.13. The number of aromatic hydroxyl groups is 1. The summed E-state index contributed by atoms with van der Waals surface area (Å²) >= 11 is 0. The minimum absolute atomic E-state index is 0.0773. The van der Waals surface area contributed by atoms with Crippen LogP contribution in [0.25, 0.3) is 0 Å². The molecular weight excluding hydrogens is 226 g/mol. The zero-order chi connectivity index (χ0) is 12.8. The fourth-order valence-corrected chi connectivity index (χ4v) is 1.13. The van der Waals surface area contributed by atoms with Crippen LogP contribution in [0.2, 0.25) is 0 Å². The summed E-state index contributed by atoms with van der Waals surface area (Å²) in [5.74, 6) is -1.19. The van der Waals surface area contributed by atoms with Crippen LogP contribution in [0.4, 0.5) is 0 Å². The van der Waals surface area contributed by atoms with Crippen molar-refractivity contribution in [2.24, 2.45) is 0 Å². The number of amides is 1. The summed E-state index contributed by atoms with van der Waals surface area (Å²) in [4.78, 5) is 21.3. The van der Waals surface area contributed by atoms with Crippen molar-refractivity contribution in [3.05, 3.63) is 23.8 Å². The van der Waals surface area contributed by atoms with Crippen LogP contribution in [0, 0.1) is 6.92 Å². The highest BCUT2D eigenvalue weighted by Crippen LogP contribution is 2.25. The molecule has 17 heavy (non-hydrogen) atoms. The number of phenols is 1. The lowest BCUT2D eigenvalue weighted by Gasteiger charge is -2.09. The molecule has 0 bridgehead atoms. The lowest BCUT2D eigenvalue weighted by atomic mass is 10.2. The van der Waals surface area contributed by atoms with Crippen molar-refractivity contribution >= 4 is 11.9 Å². The smallest absolute Gasteiger partial charge is 0.322 e. The molecule has 1 aromatic carbocycles. The number of nitrogens with one attached hydrogen (secondary N) is 1. The van der Waals surface area contributed by atoms with Crippen LogP contribution in [0.15, 0.2) is 18.2 Å². The standard InChI is InChI=1S/C11H13NO5/c1-7-8(13)3-2-4-9(7)17-6-10(14)12-5-11(15)16/h2-4,13H,5-6H2,1H3,(H,12,14)(H,15,16). The van der Waals surface area contributed by atoms with Gasteiger partial charge < -0.3 is 20.3 Å². The van der Waals surface area contributed by atoms with Crippen molar-refractivity contribution < 1.29 is 24.5 Å². The molecule has 0 saturated heterocycles. The number of carbonyl (C=O) groups excluding carboxylic acids is 1. The van der Waals surface area contributed by atoms with Gasteiger partial charge in [-0.15, -0.1) is 0 Å². The van der Waals surface area contributed by atoms with Crippen LogP contribution in [0.5, 0.6) is 11.5 Å². The molecule has 0 atom stereocenters. The van der Waals surface area contributed by atoms with Gasteiger partial charge in [-0.3, -0.25) is 9.59 Å². The molecule has 0 fully saturated rings. The van der Waals surface area contributed by atoms with Gasteiger partial charge in [-0.05, 0) is 19.1 Å². The maximum atomic E-state index is 11.2. The van der Waals surface area contributed by atoms with Crippen LogP contribution in [-0.4, -0.2) is 35.2 Å². The highest BCUT2D eigenvalue weighted by Gasteiger charge is 2.07. The van der Waals surface area contributed by atoms with Crippen LogP contribution in [-0.2, 0) is 9.59 Å². The molecule has 0 saturated carbocycles. The van der Waals surface area contributed by atoms with Crippen molar-refractivity contribution in [3.8, 4) is 11.5 Å². The lowest BCUT2D eigenvalue weighted by molar-refractivity contribution is -0.138. The molecule has 0 aliphatic carbocycles. The second-order valence-corrected chi connectivity index (χ2v) is 3.36. The number of phenolic OH excluding ortho intramolecular Hbond substituents is 1. The Kier molecular flexibility index (Phi) is 4.33. The minimum Gasteiger partial charge on any atom is -0.508 e. The molecule has 3 N–H and O–H groups in total. The van der Waals surface area contributed by atoms with Gasteiger partial charge in [0.15, 0.2) is 6.61 Å². The molecule has 1 amide bonds. The zero-order valence-corrected chi connectivity index (χ0v) is 9.27. The van der Waals surface area contributed by atoms with Gasteiger partial charge in [-0.25, -0.2) is 0 Å². The highest BCUT2D eigenvalue weighted by molar-refractivity contribution is 5.82. The van der Waals surface area contributed by atoms with Gasteiger partial charge >= 0.3 is 5.97 Å². The maximum absolute atomic E-state index is 11.2. The van der Waals surface area contributed by atoms with E-state index < -0.39 is 18.4 Å². The fraction of sp³-hybridized carbons (Fsp3) is 0.273. The Hall–Kier alpha value is -2.24. The number of hydrogen-bond acceptors (Lipinski definition) is 4. The van der Waals surface area contributed by atoms with Gasteiger partial charge in [0, 0.05) is 5.56 Å². The topological polar surface area (TPSA) is 95.9 Å². The summed E-state index contributed by atoms with van der Waals surface area (Å²) in [6.45, 7) is 0.915. The number of carbonyl (C=O) groups is 2. The summed E-state index contributed by atoms with van der Waals surface area (Å²) in [5, 5.41) is 19.9. The third kappa shape index (κ3) is 4.02. The summed E-state index contributed by atoms with van der Waals surface area (Å²) < 4.78 is 5.15. The Morgan fingerprint density at radius 2 is 2.12 bits per heavy atom. The van der Waals surface area contributed by atoms with E-state index in [1.165, 1.54) is 6.07 Å². The van der Waals surface area contributed by atoms with Crippen molar-refractivity contribution in [2.45, 2.75) is 6.92 Å². The van der Waals surface area contributed by atoms with Gasteiger partial charge in [0.05, 0.1) is 0 Å². The molecule has 0 aliphatic rings. The number of hydrogen-bond donors (Lipinski definition) is 3. The van der Waals surface area contributed by atoms with Crippen molar-refractivity contribution in [3.63, 3.8) is 0 Å². The van der Waals surface area contributed by atoms with E-state index in [-0.39, 0.29) is 12.4 Å². The monoisotopic (exact) mass is 239 g/mol. The SMILES string of the molecule is Cc1c(O)cccc1OCC(=O)NCC(=O)O. The minimum atomic E-state index is -1.12. The summed E-state index contributed by atoms with van der Waals surface area (Å²) in [6.07, 6.45) is 0. The number of carboxylic acids is 1. The van der Waals surface area contributed by atoms with Crippen molar-refractivity contribution in [2.75, 3.05) is 13.2 Å². The average Bonchev–Trinajstić information content (AvgIpc) is 2.28. The number of ether oxygens (including phenoxy) is 1. The summed E-state index contributed by atoms with van der Waals surface area (Å²) in [6, 6.07) is 4.71. The van der Waals surface area contributed by atoms with Gasteiger partial charge in [-0.2, -0.15) is 0 Å². The zero-order valence-electron chi connectivity index (χ0n) is 9.27. The summed E-state index contributed by atoms with van der Waals surface area (Å²) in [7, 11) is 0. The number of aliphatic carboxylic acids is 1. The molecular formula is C11H13NO5.